The van der Waals surface area contributed by atoms with Gasteiger partial charge in [-0.15, -0.1) is 10.2 Å². The molecule has 0 spiro atoms. The fourth-order valence-corrected chi connectivity index (χ4v) is 2.59. The van der Waals surface area contributed by atoms with Gasteiger partial charge in [0, 0.05) is 13.0 Å². The molecule has 2 heterocycles. The Morgan fingerprint density at radius 3 is 2.67 bits per heavy atom. The molecule has 2 unspecified atom stereocenters. The van der Waals surface area contributed by atoms with Gasteiger partial charge < -0.3 is 15.6 Å². The first kappa shape index (κ1) is 15.9. The SMILES string of the molecule is CC(NC(=O)C(N)C(C)(C)C)c1nnc2n1CCCCC2. The molecule has 21 heavy (non-hydrogen) atoms. The molecular weight excluding hydrogens is 266 g/mol. The highest BCUT2D eigenvalue weighted by atomic mass is 16.2. The van der Waals surface area contributed by atoms with E-state index < -0.39 is 6.04 Å². The summed E-state index contributed by atoms with van der Waals surface area (Å²) in [6.07, 6.45) is 4.49. The van der Waals surface area contributed by atoms with Crippen LogP contribution in [0.4, 0.5) is 0 Å². The maximum absolute atomic E-state index is 12.2. The van der Waals surface area contributed by atoms with Crippen molar-refractivity contribution < 1.29 is 4.79 Å². The molecule has 6 heteroatoms. The Morgan fingerprint density at radius 2 is 2.00 bits per heavy atom. The van der Waals surface area contributed by atoms with Gasteiger partial charge in [0.25, 0.3) is 0 Å². The van der Waals surface area contributed by atoms with E-state index in [4.69, 9.17) is 5.73 Å². The lowest BCUT2D eigenvalue weighted by molar-refractivity contribution is -0.125. The summed E-state index contributed by atoms with van der Waals surface area (Å²) in [4.78, 5) is 12.2. The van der Waals surface area contributed by atoms with Gasteiger partial charge in [-0.1, -0.05) is 27.2 Å². The van der Waals surface area contributed by atoms with Crippen molar-refractivity contribution in [2.75, 3.05) is 0 Å². The van der Waals surface area contributed by atoms with Gasteiger partial charge in [0.15, 0.2) is 5.82 Å². The molecule has 0 radical (unpaired) electrons. The molecule has 1 aliphatic rings. The zero-order valence-corrected chi connectivity index (χ0v) is 13.5. The monoisotopic (exact) mass is 293 g/mol. The van der Waals surface area contributed by atoms with E-state index in [1.54, 1.807) is 0 Å². The van der Waals surface area contributed by atoms with Crippen molar-refractivity contribution in [3.63, 3.8) is 0 Å². The number of fused-ring (bicyclic) bond motifs is 1. The molecule has 6 nitrogen and oxygen atoms in total. The van der Waals surface area contributed by atoms with Crippen molar-refractivity contribution >= 4 is 5.91 Å². The highest BCUT2D eigenvalue weighted by molar-refractivity contribution is 5.82. The Kier molecular flexibility index (Phi) is 4.66. The molecule has 0 aromatic carbocycles. The van der Waals surface area contributed by atoms with Crippen LogP contribution in [0.5, 0.6) is 0 Å². The third kappa shape index (κ3) is 3.61. The zero-order valence-electron chi connectivity index (χ0n) is 13.5. The molecule has 118 valence electrons. The molecule has 1 amide bonds. The molecular formula is C15H27N5O. The van der Waals surface area contributed by atoms with Crippen LogP contribution in [0.25, 0.3) is 0 Å². The van der Waals surface area contributed by atoms with Crippen LogP contribution in [-0.4, -0.2) is 26.7 Å². The Labute approximate surface area is 126 Å². The molecule has 3 N–H and O–H groups in total. The highest BCUT2D eigenvalue weighted by Gasteiger charge is 2.29. The molecule has 0 bridgehead atoms. The van der Waals surface area contributed by atoms with Gasteiger partial charge in [0.05, 0.1) is 12.1 Å². The first-order valence-electron chi connectivity index (χ1n) is 7.78. The maximum Gasteiger partial charge on any atom is 0.238 e. The minimum absolute atomic E-state index is 0.138. The smallest absolute Gasteiger partial charge is 0.238 e. The molecule has 1 aliphatic heterocycles. The molecule has 2 rings (SSSR count). The number of hydrogen-bond donors (Lipinski definition) is 2. The Hall–Kier alpha value is -1.43. The van der Waals surface area contributed by atoms with Gasteiger partial charge >= 0.3 is 0 Å². The van der Waals surface area contributed by atoms with Crippen molar-refractivity contribution in [2.45, 2.75) is 72.0 Å². The van der Waals surface area contributed by atoms with E-state index in [0.29, 0.717) is 0 Å². The number of hydrogen-bond acceptors (Lipinski definition) is 4. The van der Waals surface area contributed by atoms with Gasteiger partial charge in [-0.05, 0) is 25.2 Å². The summed E-state index contributed by atoms with van der Waals surface area (Å²) in [6.45, 7) is 8.76. The minimum atomic E-state index is -0.536. The molecule has 1 aromatic rings. The van der Waals surface area contributed by atoms with Crippen LogP contribution in [0, 0.1) is 5.41 Å². The molecule has 0 saturated carbocycles. The standard InChI is InChI=1S/C15H27N5O/c1-10(17-14(21)12(16)15(2,3)4)13-19-18-11-8-6-5-7-9-20(11)13/h10,12H,5-9,16H2,1-4H3,(H,17,21). The third-order valence-electron chi connectivity index (χ3n) is 4.10. The molecule has 2 atom stereocenters. The summed E-state index contributed by atoms with van der Waals surface area (Å²) in [5, 5.41) is 11.5. The number of carbonyl (C=O) groups excluding carboxylic acids is 1. The second kappa shape index (κ2) is 6.13. The summed E-state index contributed by atoms with van der Waals surface area (Å²) in [6, 6.07) is -0.711. The molecule has 0 aliphatic carbocycles. The van der Waals surface area contributed by atoms with E-state index in [-0.39, 0.29) is 17.4 Å². The lowest BCUT2D eigenvalue weighted by atomic mass is 9.87. The summed E-state index contributed by atoms with van der Waals surface area (Å²) in [7, 11) is 0. The molecule has 0 fully saturated rings. The van der Waals surface area contributed by atoms with Crippen LogP contribution < -0.4 is 11.1 Å². The van der Waals surface area contributed by atoms with Crippen LogP contribution in [0.3, 0.4) is 0 Å². The topological polar surface area (TPSA) is 85.8 Å². The average Bonchev–Trinajstić information content (AvgIpc) is 2.66. The number of aromatic nitrogens is 3. The summed E-state index contributed by atoms with van der Waals surface area (Å²) >= 11 is 0. The number of nitrogens with zero attached hydrogens (tertiary/aromatic N) is 3. The third-order valence-corrected chi connectivity index (χ3v) is 4.10. The van der Waals surface area contributed by atoms with E-state index in [9.17, 15) is 4.79 Å². The Balaban J connectivity index is 2.09. The second-order valence-corrected chi connectivity index (χ2v) is 7.01. The van der Waals surface area contributed by atoms with Gasteiger partial charge in [0.1, 0.15) is 5.82 Å². The van der Waals surface area contributed by atoms with Crippen LogP contribution in [0.15, 0.2) is 0 Å². The first-order chi connectivity index (χ1) is 9.80. The fourth-order valence-electron chi connectivity index (χ4n) is 2.59. The van der Waals surface area contributed by atoms with Crippen molar-refractivity contribution in [3.8, 4) is 0 Å². The Morgan fingerprint density at radius 1 is 1.29 bits per heavy atom. The zero-order chi connectivity index (χ0) is 15.6. The number of rotatable bonds is 3. The average molecular weight is 293 g/mol. The number of amides is 1. The predicted octanol–water partition coefficient (Wildman–Crippen LogP) is 1.56. The minimum Gasteiger partial charge on any atom is -0.345 e. The maximum atomic E-state index is 12.2. The van der Waals surface area contributed by atoms with Gasteiger partial charge in [-0.25, -0.2) is 0 Å². The second-order valence-electron chi connectivity index (χ2n) is 7.01. The van der Waals surface area contributed by atoms with Gasteiger partial charge in [-0.3, -0.25) is 4.79 Å². The van der Waals surface area contributed by atoms with E-state index in [1.165, 1.54) is 6.42 Å². The first-order valence-corrected chi connectivity index (χ1v) is 7.78. The van der Waals surface area contributed by atoms with E-state index in [2.05, 4.69) is 20.1 Å². The molecule has 1 aromatic heterocycles. The summed E-state index contributed by atoms with van der Waals surface area (Å²) < 4.78 is 2.15. The van der Waals surface area contributed by atoms with Crippen molar-refractivity contribution in [1.82, 2.24) is 20.1 Å². The van der Waals surface area contributed by atoms with E-state index in [0.717, 1.165) is 37.5 Å². The number of nitrogens with one attached hydrogen (secondary N) is 1. The van der Waals surface area contributed by atoms with Crippen LogP contribution in [-0.2, 0) is 17.8 Å². The molecule has 0 saturated heterocycles. The van der Waals surface area contributed by atoms with Crippen LogP contribution >= 0.6 is 0 Å². The van der Waals surface area contributed by atoms with Crippen molar-refractivity contribution in [1.29, 1.82) is 0 Å². The normalized spacial score (nSPS) is 18.5. The summed E-state index contributed by atoms with van der Waals surface area (Å²) in [5.74, 6) is 1.73. The number of carbonyl (C=O) groups is 1. The number of nitrogens with two attached hydrogens (primary N) is 1. The highest BCUT2D eigenvalue weighted by Crippen LogP contribution is 2.21. The predicted molar refractivity (Wildman–Crippen MR) is 81.6 cm³/mol. The lowest BCUT2D eigenvalue weighted by Gasteiger charge is -2.27. The van der Waals surface area contributed by atoms with Crippen LogP contribution in [0.2, 0.25) is 0 Å². The Bertz CT molecular complexity index is 503. The lowest BCUT2D eigenvalue weighted by Crippen LogP contribution is -2.49. The van der Waals surface area contributed by atoms with Crippen LogP contribution in [0.1, 0.15) is 64.6 Å². The number of aryl methyl sites for hydroxylation is 1. The quantitative estimate of drug-likeness (QED) is 0.885. The van der Waals surface area contributed by atoms with E-state index in [1.807, 2.05) is 27.7 Å². The largest absolute Gasteiger partial charge is 0.345 e. The van der Waals surface area contributed by atoms with Gasteiger partial charge in [-0.2, -0.15) is 0 Å². The van der Waals surface area contributed by atoms with E-state index >= 15 is 0 Å². The van der Waals surface area contributed by atoms with Gasteiger partial charge in [0.2, 0.25) is 5.91 Å². The van der Waals surface area contributed by atoms with Crippen molar-refractivity contribution in [2.24, 2.45) is 11.1 Å². The fraction of sp³-hybridized carbons (Fsp3) is 0.800. The summed E-state index contributed by atoms with van der Waals surface area (Å²) in [5.41, 5.74) is 5.75. The van der Waals surface area contributed by atoms with Crippen molar-refractivity contribution in [3.05, 3.63) is 11.6 Å².